The van der Waals surface area contributed by atoms with Crippen LogP contribution in [0.4, 0.5) is 0 Å². The second kappa shape index (κ2) is 5.34. The Balaban J connectivity index is 2.29. The highest BCUT2D eigenvalue weighted by molar-refractivity contribution is 7.89. The van der Waals surface area contributed by atoms with Crippen molar-refractivity contribution in [3.8, 4) is 0 Å². The minimum atomic E-state index is -3.87. The Morgan fingerprint density at radius 2 is 2.10 bits per heavy atom. The van der Waals surface area contributed by atoms with Crippen molar-refractivity contribution in [2.24, 2.45) is 0 Å². The smallest absolute Gasteiger partial charge is 0.352 e. The van der Waals surface area contributed by atoms with Crippen molar-refractivity contribution < 1.29 is 22.7 Å². The summed E-state index contributed by atoms with van der Waals surface area (Å²) < 4.78 is 32.1. The molecule has 0 amide bonds. The SMILES string of the molecule is Cc1cnc(CNS(=O)(=O)c2c(C)[nH]c(C(=O)O)c2C)o1. The topological polar surface area (TPSA) is 125 Å². The lowest BCUT2D eigenvalue weighted by atomic mass is 10.2. The molecule has 2 aromatic heterocycles. The van der Waals surface area contributed by atoms with Crippen LogP contribution in [0, 0.1) is 20.8 Å². The molecular weight excluding hydrogens is 298 g/mol. The highest BCUT2D eigenvalue weighted by Gasteiger charge is 2.26. The quantitative estimate of drug-likeness (QED) is 0.759. The molecule has 2 heterocycles. The van der Waals surface area contributed by atoms with Gasteiger partial charge >= 0.3 is 5.97 Å². The minimum Gasteiger partial charge on any atom is -0.477 e. The van der Waals surface area contributed by atoms with Gasteiger partial charge in [0, 0.05) is 11.3 Å². The third-order valence-corrected chi connectivity index (χ3v) is 4.61. The fourth-order valence-corrected chi connectivity index (χ4v) is 3.48. The summed E-state index contributed by atoms with van der Waals surface area (Å²) in [7, 11) is -3.87. The fourth-order valence-electron chi connectivity index (χ4n) is 2.06. The number of rotatable bonds is 5. The highest BCUT2D eigenvalue weighted by Crippen LogP contribution is 2.23. The Morgan fingerprint density at radius 3 is 2.57 bits per heavy atom. The first kappa shape index (κ1) is 15.3. The van der Waals surface area contributed by atoms with Gasteiger partial charge in [0.2, 0.25) is 15.9 Å². The lowest BCUT2D eigenvalue weighted by Crippen LogP contribution is -2.24. The molecular formula is C12H15N3O5S. The van der Waals surface area contributed by atoms with Crippen LogP contribution >= 0.6 is 0 Å². The van der Waals surface area contributed by atoms with Crippen molar-refractivity contribution >= 4 is 16.0 Å². The Labute approximate surface area is 121 Å². The van der Waals surface area contributed by atoms with Crippen molar-refractivity contribution in [2.45, 2.75) is 32.2 Å². The number of aromatic carboxylic acids is 1. The van der Waals surface area contributed by atoms with Crippen LogP contribution in [0.15, 0.2) is 15.5 Å². The van der Waals surface area contributed by atoms with Crippen LogP contribution in [0.25, 0.3) is 0 Å². The number of H-pyrrole nitrogens is 1. The van der Waals surface area contributed by atoms with E-state index in [0.29, 0.717) is 5.76 Å². The molecule has 2 aromatic rings. The molecule has 0 fully saturated rings. The van der Waals surface area contributed by atoms with Crippen LogP contribution in [-0.4, -0.2) is 29.5 Å². The average molecular weight is 313 g/mol. The second-order valence-corrected chi connectivity index (χ2v) is 6.28. The average Bonchev–Trinajstić information content (AvgIpc) is 2.91. The number of aromatic nitrogens is 2. The molecule has 0 aromatic carbocycles. The van der Waals surface area contributed by atoms with E-state index in [1.165, 1.54) is 20.0 Å². The predicted molar refractivity (Wildman–Crippen MR) is 72.5 cm³/mol. The fraction of sp³-hybridized carbons (Fsp3) is 0.333. The summed E-state index contributed by atoms with van der Waals surface area (Å²) in [6.07, 6.45) is 1.49. The molecule has 0 saturated heterocycles. The molecule has 0 aliphatic heterocycles. The van der Waals surface area contributed by atoms with E-state index in [1.807, 2.05) is 0 Å². The third kappa shape index (κ3) is 2.98. The second-order valence-electron chi connectivity index (χ2n) is 4.57. The molecule has 114 valence electrons. The van der Waals surface area contributed by atoms with Gasteiger partial charge in [-0.1, -0.05) is 0 Å². The van der Waals surface area contributed by atoms with Crippen LogP contribution in [0.5, 0.6) is 0 Å². The summed E-state index contributed by atoms with van der Waals surface area (Å²) in [5.41, 5.74) is 0.289. The summed E-state index contributed by atoms with van der Waals surface area (Å²) >= 11 is 0. The Hall–Kier alpha value is -2.13. The van der Waals surface area contributed by atoms with E-state index < -0.39 is 16.0 Å². The molecule has 9 heteroatoms. The van der Waals surface area contributed by atoms with Crippen LogP contribution in [0.2, 0.25) is 0 Å². The van der Waals surface area contributed by atoms with Crippen LogP contribution in [0.3, 0.4) is 0 Å². The van der Waals surface area contributed by atoms with Crippen molar-refractivity contribution in [3.63, 3.8) is 0 Å². The Kier molecular flexibility index (Phi) is 3.88. The zero-order valence-corrected chi connectivity index (χ0v) is 12.5. The largest absolute Gasteiger partial charge is 0.477 e. The minimum absolute atomic E-state index is 0.0665. The van der Waals surface area contributed by atoms with E-state index in [2.05, 4.69) is 14.7 Å². The zero-order chi connectivity index (χ0) is 15.8. The number of sulfonamides is 1. The van der Waals surface area contributed by atoms with Crippen LogP contribution < -0.4 is 4.72 Å². The number of hydrogen-bond donors (Lipinski definition) is 3. The maximum absolute atomic E-state index is 12.3. The molecule has 3 N–H and O–H groups in total. The molecule has 0 spiro atoms. The van der Waals surface area contributed by atoms with E-state index in [4.69, 9.17) is 9.52 Å². The zero-order valence-electron chi connectivity index (χ0n) is 11.7. The van der Waals surface area contributed by atoms with Crippen molar-refractivity contribution in [2.75, 3.05) is 0 Å². The molecule has 0 aliphatic rings. The number of aryl methyl sites for hydroxylation is 2. The summed E-state index contributed by atoms with van der Waals surface area (Å²) in [6, 6.07) is 0. The molecule has 2 rings (SSSR count). The third-order valence-electron chi connectivity index (χ3n) is 2.93. The van der Waals surface area contributed by atoms with Crippen molar-refractivity contribution in [3.05, 3.63) is 34.8 Å². The number of carboxylic acids is 1. The van der Waals surface area contributed by atoms with Gasteiger partial charge in [-0.25, -0.2) is 22.9 Å². The highest BCUT2D eigenvalue weighted by atomic mass is 32.2. The molecule has 8 nitrogen and oxygen atoms in total. The van der Waals surface area contributed by atoms with Gasteiger partial charge in [-0.05, 0) is 20.8 Å². The summed E-state index contributed by atoms with van der Waals surface area (Å²) in [4.78, 5) is 17.4. The Bertz CT molecular complexity index is 788. The lowest BCUT2D eigenvalue weighted by molar-refractivity contribution is 0.0690. The monoisotopic (exact) mass is 313 g/mol. The normalized spacial score (nSPS) is 11.8. The summed E-state index contributed by atoms with van der Waals surface area (Å²) in [6.45, 7) is 4.54. The standard InChI is InChI=1S/C12H15N3O5S/c1-6-4-13-9(20-6)5-14-21(18,19)11-7(2)10(12(16)17)15-8(11)3/h4,14-15H,5H2,1-3H3,(H,16,17). The van der Waals surface area contributed by atoms with Gasteiger partial charge in [0.25, 0.3) is 0 Å². The molecule has 0 saturated carbocycles. The molecule has 0 unspecified atom stereocenters. The first-order valence-corrected chi connectivity index (χ1v) is 7.54. The summed E-state index contributed by atoms with van der Waals surface area (Å²) in [5.74, 6) is -0.396. The van der Waals surface area contributed by atoms with E-state index >= 15 is 0 Å². The molecule has 0 atom stereocenters. The van der Waals surface area contributed by atoms with Gasteiger partial charge in [-0.3, -0.25) is 0 Å². The van der Waals surface area contributed by atoms with E-state index in [1.54, 1.807) is 6.92 Å². The lowest BCUT2D eigenvalue weighted by Gasteiger charge is -2.05. The number of oxazole rings is 1. The first-order chi connectivity index (χ1) is 9.72. The molecule has 0 bridgehead atoms. The van der Waals surface area contributed by atoms with Gasteiger partial charge < -0.3 is 14.5 Å². The van der Waals surface area contributed by atoms with Gasteiger partial charge in [-0.15, -0.1) is 0 Å². The van der Waals surface area contributed by atoms with Crippen molar-refractivity contribution in [1.29, 1.82) is 0 Å². The maximum Gasteiger partial charge on any atom is 0.352 e. The van der Waals surface area contributed by atoms with Gasteiger partial charge in [0.15, 0.2) is 0 Å². The Morgan fingerprint density at radius 1 is 1.43 bits per heavy atom. The number of carbonyl (C=O) groups is 1. The predicted octanol–water partition coefficient (Wildman–Crippen LogP) is 1.10. The number of aromatic amines is 1. The molecule has 0 aliphatic carbocycles. The van der Waals surface area contributed by atoms with E-state index in [0.717, 1.165) is 0 Å². The molecule has 0 radical (unpaired) electrons. The van der Waals surface area contributed by atoms with E-state index in [9.17, 15) is 13.2 Å². The van der Waals surface area contributed by atoms with Gasteiger partial charge in [-0.2, -0.15) is 0 Å². The van der Waals surface area contributed by atoms with E-state index in [-0.39, 0.29) is 34.3 Å². The molecule has 21 heavy (non-hydrogen) atoms. The number of nitrogens with one attached hydrogen (secondary N) is 2. The first-order valence-electron chi connectivity index (χ1n) is 6.06. The maximum atomic E-state index is 12.3. The van der Waals surface area contributed by atoms with Gasteiger partial charge in [0.1, 0.15) is 16.3 Å². The number of nitrogens with zero attached hydrogens (tertiary/aromatic N) is 1. The summed E-state index contributed by atoms with van der Waals surface area (Å²) in [5, 5.41) is 9.01. The van der Waals surface area contributed by atoms with Gasteiger partial charge in [0.05, 0.1) is 12.7 Å². The van der Waals surface area contributed by atoms with Crippen LogP contribution in [-0.2, 0) is 16.6 Å². The van der Waals surface area contributed by atoms with Crippen LogP contribution in [0.1, 0.15) is 33.4 Å². The van der Waals surface area contributed by atoms with Crippen molar-refractivity contribution in [1.82, 2.24) is 14.7 Å². The number of hydrogen-bond acceptors (Lipinski definition) is 5. The number of carboxylic acid groups (broad SMARTS) is 1.